The van der Waals surface area contributed by atoms with E-state index in [-0.39, 0.29) is 29.0 Å². The molecule has 1 saturated carbocycles. The minimum atomic E-state index is -1.53. The van der Waals surface area contributed by atoms with Gasteiger partial charge in [0.1, 0.15) is 11.5 Å². The van der Waals surface area contributed by atoms with Crippen LogP contribution in [0.4, 0.5) is 5.69 Å². The molecule has 11 heteroatoms. The number of anilines is 1. The zero-order valence-corrected chi connectivity index (χ0v) is 24.9. The first-order valence-electron chi connectivity index (χ1n) is 14.2. The van der Waals surface area contributed by atoms with Gasteiger partial charge in [-0.3, -0.25) is 29.9 Å². The number of imide groups is 2. The zero-order valence-electron chi connectivity index (χ0n) is 23.4. The lowest BCUT2D eigenvalue weighted by Gasteiger charge is -2.50. The largest absolute Gasteiger partial charge is 0.508 e. The number of benzene rings is 3. The number of hydrogen-bond acceptors (Lipinski definition) is 7. The number of phenolic OH excluding ortho intramolecular Hbond substituents is 1. The molecule has 2 saturated heterocycles. The van der Waals surface area contributed by atoms with Crippen LogP contribution in [0, 0.1) is 23.7 Å². The summed E-state index contributed by atoms with van der Waals surface area (Å²) >= 11 is 12.5. The third-order valence-corrected chi connectivity index (χ3v) is 10.2. The number of phenols is 1. The van der Waals surface area contributed by atoms with Crippen molar-refractivity contribution < 1.29 is 29.0 Å². The monoisotopic (exact) mass is 631 g/mol. The standard InChI is InChI=1S/C33H27Cl2N3O6/c1-44-18-9-6-16(7-10-18)33-23(31(42)38(32(33)43)37-25-13-8-17(34)14-24(25)35)15-22-19(28(33)20-4-2-3-5-26(20)39)11-12-21-27(22)30(41)36-29(21)40/h2-11,13-14,21-23,27-28,37,39H,12,15H2,1H3,(H,36,40,41). The first kappa shape index (κ1) is 28.4. The molecule has 2 aliphatic heterocycles. The molecular weight excluding hydrogens is 605 g/mol. The fraction of sp³-hybridized carbons (Fsp3) is 0.273. The molecule has 3 N–H and O–H groups in total. The summed E-state index contributed by atoms with van der Waals surface area (Å²) in [6, 6.07) is 18.4. The van der Waals surface area contributed by atoms with Crippen LogP contribution >= 0.6 is 23.2 Å². The number of nitrogens with one attached hydrogen (secondary N) is 2. The van der Waals surface area contributed by atoms with Crippen molar-refractivity contribution in [3.05, 3.63) is 99.6 Å². The van der Waals surface area contributed by atoms with Crippen LogP contribution in [0.15, 0.2) is 78.4 Å². The number of carbonyl (C=O) groups excluding carboxylic acids is 4. The highest BCUT2D eigenvalue weighted by atomic mass is 35.5. The lowest BCUT2D eigenvalue weighted by atomic mass is 9.49. The number of ether oxygens (including phenoxy) is 1. The van der Waals surface area contributed by atoms with E-state index in [0.717, 1.165) is 10.6 Å². The SMILES string of the molecule is COc1ccc(C23C(=O)N(Nc4ccc(Cl)cc4Cl)C(=O)C2CC2C(=CCC4C(=O)NC(=O)C42)C3c2ccccc2O)cc1. The number of nitrogens with zero attached hydrogens (tertiary/aromatic N) is 1. The lowest BCUT2D eigenvalue weighted by Crippen LogP contribution is -2.53. The average molecular weight is 633 g/mol. The van der Waals surface area contributed by atoms with Crippen LogP contribution in [0.3, 0.4) is 0 Å². The maximum atomic E-state index is 15.0. The molecule has 9 nitrogen and oxygen atoms in total. The fourth-order valence-electron chi connectivity index (χ4n) is 7.83. The number of rotatable bonds is 5. The summed E-state index contributed by atoms with van der Waals surface area (Å²) in [5, 5.41) is 15.3. The van der Waals surface area contributed by atoms with Crippen LogP contribution in [0.2, 0.25) is 10.0 Å². The molecule has 0 spiro atoms. The molecule has 4 aliphatic rings. The normalized spacial score (nSPS) is 29.0. The number of allylic oxidation sites excluding steroid dienone is 2. The van der Waals surface area contributed by atoms with Crippen molar-refractivity contribution in [2.24, 2.45) is 23.7 Å². The van der Waals surface area contributed by atoms with Crippen LogP contribution in [-0.4, -0.2) is 40.9 Å². The molecule has 2 aliphatic carbocycles. The van der Waals surface area contributed by atoms with Gasteiger partial charge in [-0.15, -0.1) is 0 Å². The lowest BCUT2D eigenvalue weighted by molar-refractivity contribution is -0.138. The summed E-state index contributed by atoms with van der Waals surface area (Å²) in [6.45, 7) is 0. The van der Waals surface area contributed by atoms with Gasteiger partial charge in [-0.05, 0) is 60.7 Å². The van der Waals surface area contributed by atoms with Crippen LogP contribution in [0.25, 0.3) is 0 Å². The van der Waals surface area contributed by atoms with Crippen molar-refractivity contribution >= 4 is 52.5 Å². The Balaban J connectivity index is 1.48. The minimum Gasteiger partial charge on any atom is -0.508 e. The molecule has 7 rings (SSSR count). The number of amides is 4. The minimum absolute atomic E-state index is 0.0489. The van der Waals surface area contributed by atoms with Crippen LogP contribution in [-0.2, 0) is 24.6 Å². The number of halogens is 2. The summed E-state index contributed by atoms with van der Waals surface area (Å²) in [7, 11) is 1.54. The van der Waals surface area contributed by atoms with Gasteiger partial charge in [-0.1, -0.05) is 65.2 Å². The predicted octanol–water partition coefficient (Wildman–Crippen LogP) is 4.98. The third-order valence-electron chi connectivity index (χ3n) is 9.67. The van der Waals surface area contributed by atoms with Gasteiger partial charge in [-0.2, -0.15) is 5.01 Å². The molecule has 224 valence electrons. The van der Waals surface area contributed by atoms with Gasteiger partial charge in [0.05, 0.1) is 41.0 Å². The molecule has 44 heavy (non-hydrogen) atoms. The molecule has 3 fully saturated rings. The van der Waals surface area contributed by atoms with E-state index in [0.29, 0.717) is 34.0 Å². The maximum Gasteiger partial charge on any atom is 0.260 e. The average Bonchev–Trinajstić information content (AvgIpc) is 3.42. The highest BCUT2D eigenvalue weighted by molar-refractivity contribution is 6.36. The topological polar surface area (TPSA) is 125 Å². The second-order valence-electron chi connectivity index (χ2n) is 11.6. The summed E-state index contributed by atoms with van der Waals surface area (Å²) in [6.07, 6.45) is 2.36. The van der Waals surface area contributed by atoms with Crippen LogP contribution < -0.4 is 15.5 Å². The molecule has 0 aromatic heterocycles. The van der Waals surface area contributed by atoms with Crippen molar-refractivity contribution in [3.63, 3.8) is 0 Å². The Labute approximate surface area is 262 Å². The van der Waals surface area contributed by atoms with E-state index >= 15 is 4.79 Å². The number of carbonyl (C=O) groups is 4. The van der Waals surface area contributed by atoms with Gasteiger partial charge < -0.3 is 9.84 Å². The van der Waals surface area contributed by atoms with Crippen molar-refractivity contribution in [2.75, 3.05) is 12.5 Å². The molecule has 6 atom stereocenters. The van der Waals surface area contributed by atoms with E-state index in [2.05, 4.69) is 10.7 Å². The fourth-order valence-corrected chi connectivity index (χ4v) is 8.28. The second kappa shape index (κ2) is 10.4. The Bertz CT molecular complexity index is 1780. The number of fused-ring (bicyclic) bond motifs is 4. The van der Waals surface area contributed by atoms with Gasteiger partial charge >= 0.3 is 0 Å². The van der Waals surface area contributed by atoms with Gasteiger partial charge in [0, 0.05) is 16.5 Å². The Morgan fingerprint density at radius 1 is 0.977 bits per heavy atom. The van der Waals surface area contributed by atoms with E-state index in [1.807, 2.05) is 6.08 Å². The van der Waals surface area contributed by atoms with Crippen molar-refractivity contribution in [1.82, 2.24) is 10.3 Å². The predicted molar refractivity (Wildman–Crippen MR) is 162 cm³/mol. The van der Waals surface area contributed by atoms with Crippen molar-refractivity contribution in [1.29, 1.82) is 0 Å². The first-order chi connectivity index (χ1) is 21.2. The van der Waals surface area contributed by atoms with Gasteiger partial charge in [0.25, 0.3) is 11.8 Å². The summed E-state index contributed by atoms with van der Waals surface area (Å²) in [5.74, 6) is -4.83. The molecule has 3 aromatic rings. The van der Waals surface area contributed by atoms with Gasteiger partial charge in [0.15, 0.2) is 0 Å². The molecule has 0 radical (unpaired) electrons. The first-order valence-corrected chi connectivity index (χ1v) is 15.0. The smallest absolute Gasteiger partial charge is 0.260 e. The molecule has 6 unspecified atom stereocenters. The Morgan fingerprint density at radius 3 is 2.43 bits per heavy atom. The van der Waals surface area contributed by atoms with Gasteiger partial charge in [0.2, 0.25) is 11.8 Å². The maximum absolute atomic E-state index is 15.0. The number of para-hydroxylation sites is 1. The zero-order chi connectivity index (χ0) is 30.9. The Morgan fingerprint density at radius 2 is 1.73 bits per heavy atom. The van der Waals surface area contributed by atoms with E-state index in [1.165, 1.54) is 13.2 Å². The highest BCUT2D eigenvalue weighted by Crippen LogP contribution is 2.64. The molecule has 4 amide bonds. The van der Waals surface area contributed by atoms with Crippen LogP contribution in [0.1, 0.15) is 29.9 Å². The molecule has 0 bridgehead atoms. The number of hydrazine groups is 1. The molecule has 2 heterocycles. The third kappa shape index (κ3) is 3.99. The van der Waals surface area contributed by atoms with Crippen LogP contribution in [0.5, 0.6) is 11.5 Å². The molecule has 3 aromatic carbocycles. The summed E-state index contributed by atoms with van der Waals surface area (Å²) < 4.78 is 5.39. The Hall–Kier alpha value is -4.34. The number of methoxy groups -OCH3 is 1. The van der Waals surface area contributed by atoms with Crippen molar-refractivity contribution in [3.8, 4) is 11.5 Å². The quantitative estimate of drug-likeness (QED) is 0.268. The number of hydrogen-bond donors (Lipinski definition) is 3. The van der Waals surface area contributed by atoms with Crippen molar-refractivity contribution in [2.45, 2.75) is 24.2 Å². The van der Waals surface area contributed by atoms with E-state index in [4.69, 9.17) is 27.9 Å². The van der Waals surface area contributed by atoms with E-state index in [9.17, 15) is 19.5 Å². The Kier molecular flexibility index (Phi) is 6.71. The summed E-state index contributed by atoms with van der Waals surface area (Å²) in [5.41, 5.74) is 3.46. The second-order valence-corrected chi connectivity index (χ2v) is 12.5. The number of aromatic hydroxyl groups is 1. The van der Waals surface area contributed by atoms with E-state index in [1.54, 1.807) is 60.7 Å². The molecular formula is C33H27Cl2N3O6. The highest BCUT2D eigenvalue weighted by Gasteiger charge is 2.70. The van der Waals surface area contributed by atoms with E-state index < -0.39 is 46.8 Å². The van der Waals surface area contributed by atoms with Gasteiger partial charge in [-0.25, -0.2) is 0 Å². The summed E-state index contributed by atoms with van der Waals surface area (Å²) in [4.78, 5) is 55.4.